The fourth-order valence-corrected chi connectivity index (χ4v) is 3.13. The smallest absolute Gasteiger partial charge is 0.433 e. The number of hydrogen-bond donors (Lipinski definition) is 3. The number of hydrogen-bond acceptors (Lipinski definition) is 5. The van der Waals surface area contributed by atoms with Crippen molar-refractivity contribution in [2.24, 2.45) is 0 Å². The molecule has 0 heterocycles. The lowest BCUT2D eigenvalue weighted by Crippen LogP contribution is -2.23. The molecule has 0 unspecified atom stereocenters. The predicted molar refractivity (Wildman–Crippen MR) is 112 cm³/mol. The summed E-state index contributed by atoms with van der Waals surface area (Å²) >= 11 is 0. The maximum absolute atomic E-state index is 13.8. The second-order valence-corrected chi connectivity index (χ2v) is 7.15. The number of ether oxygens (including phenoxy) is 1. The van der Waals surface area contributed by atoms with Crippen molar-refractivity contribution in [1.82, 2.24) is 0 Å². The van der Waals surface area contributed by atoms with Gasteiger partial charge in [-0.1, -0.05) is 13.3 Å². The van der Waals surface area contributed by atoms with Crippen molar-refractivity contribution in [3.8, 4) is 11.5 Å². The van der Waals surface area contributed by atoms with Gasteiger partial charge in [0.25, 0.3) is 0 Å². The molecule has 0 aliphatic heterocycles. The standard InChI is InChI=1S/C22H24F4N2O4/c1-3-5-15-18(9-8-16(19(15)29)20(27)22(24,25)26)32-11-4-10-28(2)13-6-7-14(21(30)31)17(23)12-13/h6-9,12,27,29H,3-5,10-11H2,1-2H3,(H,30,31). The van der Waals surface area contributed by atoms with Crippen LogP contribution in [0.15, 0.2) is 30.3 Å². The summed E-state index contributed by atoms with van der Waals surface area (Å²) in [5.41, 5.74) is -1.96. The van der Waals surface area contributed by atoms with Crippen LogP contribution in [0.5, 0.6) is 11.5 Å². The summed E-state index contributed by atoms with van der Waals surface area (Å²) in [5, 5.41) is 26.5. The van der Waals surface area contributed by atoms with E-state index < -0.39 is 40.6 Å². The molecule has 3 N–H and O–H groups in total. The van der Waals surface area contributed by atoms with E-state index in [1.807, 2.05) is 0 Å². The largest absolute Gasteiger partial charge is 0.507 e. The molecule has 2 aromatic rings. The van der Waals surface area contributed by atoms with Crippen LogP contribution in [0.25, 0.3) is 0 Å². The highest BCUT2D eigenvalue weighted by Crippen LogP contribution is 2.36. The number of aromatic carboxylic acids is 1. The Labute approximate surface area is 182 Å². The van der Waals surface area contributed by atoms with Crippen LogP contribution < -0.4 is 9.64 Å². The molecule has 0 aromatic heterocycles. The number of phenolic OH excluding ortho intramolecular Hbond substituents is 1. The molecule has 2 rings (SSSR count). The molecule has 0 amide bonds. The molecule has 174 valence electrons. The topological polar surface area (TPSA) is 93.9 Å². The van der Waals surface area contributed by atoms with E-state index in [-0.39, 0.29) is 24.3 Å². The minimum atomic E-state index is -4.88. The van der Waals surface area contributed by atoms with Gasteiger partial charge in [0.1, 0.15) is 23.0 Å². The van der Waals surface area contributed by atoms with Gasteiger partial charge >= 0.3 is 12.1 Å². The molecule has 6 nitrogen and oxygen atoms in total. The van der Waals surface area contributed by atoms with Crippen molar-refractivity contribution < 1.29 is 37.3 Å². The minimum Gasteiger partial charge on any atom is -0.507 e. The Morgan fingerprint density at radius 3 is 2.41 bits per heavy atom. The van der Waals surface area contributed by atoms with E-state index in [1.165, 1.54) is 18.2 Å². The Balaban J connectivity index is 2.04. The Hall–Kier alpha value is -3.30. The number of anilines is 1. The van der Waals surface area contributed by atoms with Crippen LogP contribution in [0.4, 0.5) is 23.2 Å². The van der Waals surface area contributed by atoms with E-state index in [9.17, 15) is 27.5 Å². The molecule has 0 saturated carbocycles. The summed E-state index contributed by atoms with van der Waals surface area (Å²) in [6.07, 6.45) is -3.59. The highest BCUT2D eigenvalue weighted by Gasteiger charge is 2.37. The number of benzene rings is 2. The average Bonchev–Trinajstić information content (AvgIpc) is 2.71. The summed E-state index contributed by atoms with van der Waals surface area (Å²) in [4.78, 5) is 12.6. The number of alkyl halides is 3. The van der Waals surface area contributed by atoms with Gasteiger partial charge in [0.05, 0.1) is 12.2 Å². The van der Waals surface area contributed by atoms with Gasteiger partial charge in [0, 0.05) is 30.4 Å². The van der Waals surface area contributed by atoms with Crippen molar-refractivity contribution in [2.75, 3.05) is 25.1 Å². The van der Waals surface area contributed by atoms with E-state index in [0.717, 1.165) is 12.1 Å². The molecular weight excluding hydrogens is 432 g/mol. The van der Waals surface area contributed by atoms with E-state index in [4.69, 9.17) is 15.3 Å². The van der Waals surface area contributed by atoms with Crippen molar-refractivity contribution in [3.05, 3.63) is 52.8 Å². The SMILES string of the molecule is CCCc1c(OCCCN(C)c2ccc(C(=O)O)c(F)c2)ccc(C(=N)C(F)(F)F)c1O. The zero-order chi connectivity index (χ0) is 24.1. The predicted octanol–water partition coefficient (Wildman–Crippen LogP) is 5.02. The molecular formula is C22H24F4N2O4. The molecule has 0 aliphatic carbocycles. The molecule has 10 heteroatoms. The summed E-state index contributed by atoms with van der Waals surface area (Å²) in [6.45, 7) is 2.40. The average molecular weight is 456 g/mol. The molecule has 2 aromatic carbocycles. The number of nitrogens with one attached hydrogen (secondary N) is 1. The van der Waals surface area contributed by atoms with Gasteiger partial charge in [-0.25, -0.2) is 9.18 Å². The van der Waals surface area contributed by atoms with Gasteiger partial charge in [-0.3, -0.25) is 5.41 Å². The van der Waals surface area contributed by atoms with Crippen LogP contribution in [0, 0.1) is 11.2 Å². The zero-order valence-electron chi connectivity index (χ0n) is 17.6. The van der Waals surface area contributed by atoms with E-state index in [2.05, 4.69) is 0 Å². The second kappa shape index (κ2) is 10.3. The van der Waals surface area contributed by atoms with Crippen LogP contribution in [0.3, 0.4) is 0 Å². The Kier molecular flexibility index (Phi) is 8.07. The monoisotopic (exact) mass is 456 g/mol. The van der Waals surface area contributed by atoms with E-state index in [1.54, 1.807) is 18.9 Å². The van der Waals surface area contributed by atoms with Gasteiger partial charge in [0.15, 0.2) is 0 Å². The van der Waals surface area contributed by atoms with Crippen molar-refractivity contribution >= 4 is 17.4 Å². The first-order valence-corrected chi connectivity index (χ1v) is 9.85. The molecule has 0 saturated heterocycles. The normalized spacial score (nSPS) is 11.3. The maximum Gasteiger partial charge on any atom is 0.433 e. The lowest BCUT2D eigenvalue weighted by atomic mass is 10.00. The highest BCUT2D eigenvalue weighted by molar-refractivity contribution is 6.04. The van der Waals surface area contributed by atoms with Gasteiger partial charge in [0.2, 0.25) is 0 Å². The number of rotatable bonds is 10. The molecule has 0 spiro atoms. The molecule has 32 heavy (non-hydrogen) atoms. The van der Waals surface area contributed by atoms with E-state index in [0.29, 0.717) is 25.1 Å². The minimum absolute atomic E-state index is 0.173. The van der Waals surface area contributed by atoms with Crippen molar-refractivity contribution in [1.29, 1.82) is 5.41 Å². The number of carbonyl (C=O) groups is 1. The number of halogens is 4. The van der Waals surface area contributed by atoms with Crippen LogP contribution in [0.2, 0.25) is 0 Å². The molecule has 0 radical (unpaired) electrons. The van der Waals surface area contributed by atoms with Gasteiger partial charge in [-0.15, -0.1) is 0 Å². The maximum atomic E-state index is 13.8. The van der Waals surface area contributed by atoms with Crippen molar-refractivity contribution in [2.45, 2.75) is 32.4 Å². The fraction of sp³-hybridized carbons (Fsp3) is 0.364. The van der Waals surface area contributed by atoms with Crippen LogP contribution >= 0.6 is 0 Å². The van der Waals surface area contributed by atoms with Crippen LogP contribution in [-0.2, 0) is 6.42 Å². The van der Waals surface area contributed by atoms with Gasteiger partial charge < -0.3 is 19.8 Å². The fourth-order valence-electron chi connectivity index (χ4n) is 3.13. The Morgan fingerprint density at radius 2 is 1.84 bits per heavy atom. The molecule has 0 bridgehead atoms. The first-order chi connectivity index (χ1) is 15.0. The number of nitrogens with zero attached hydrogens (tertiary/aromatic N) is 1. The number of carboxylic acid groups (broad SMARTS) is 1. The summed E-state index contributed by atoms with van der Waals surface area (Å²) < 4.78 is 58.1. The van der Waals surface area contributed by atoms with Crippen molar-refractivity contribution in [3.63, 3.8) is 0 Å². The summed E-state index contributed by atoms with van der Waals surface area (Å²) in [5.74, 6) is -2.57. The lowest BCUT2D eigenvalue weighted by molar-refractivity contribution is -0.0588. The highest BCUT2D eigenvalue weighted by atomic mass is 19.4. The van der Waals surface area contributed by atoms with E-state index >= 15 is 0 Å². The summed E-state index contributed by atoms with van der Waals surface area (Å²) in [6, 6.07) is 6.11. The molecule has 0 aliphatic rings. The summed E-state index contributed by atoms with van der Waals surface area (Å²) in [7, 11) is 1.70. The third-order valence-electron chi connectivity index (χ3n) is 4.81. The quantitative estimate of drug-likeness (QED) is 0.265. The molecule has 0 atom stereocenters. The number of phenols is 1. The third kappa shape index (κ3) is 5.89. The number of carboxylic acids is 1. The molecule has 0 fully saturated rings. The first kappa shape index (κ1) is 25.0. The first-order valence-electron chi connectivity index (χ1n) is 9.85. The Bertz CT molecular complexity index is 993. The van der Waals surface area contributed by atoms with Crippen LogP contribution in [-0.4, -0.2) is 48.3 Å². The second-order valence-electron chi connectivity index (χ2n) is 7.15. The third-order valence-corrected chi connectivity index (χ3v) is 4.81. The number of aromatic hydroxyl groups is 1. The van der Waals surface area contributed by atoms with Gasteiger partial charge in [-0.05, 0) is 43.2 Å². The van der Waals surface area contributed by atoms with Gasteiger partial charge in [-0.2, -0.15) is 13.2 Å². The lowest BCUT2D eigenvalue weighted by Gasteiger charge is -2.20. The zero-order valence-corrected chi connectivity index (χ0v) is 17.6. The Morgan fingerprint density at radius 1 is 1.19 bits per heavy atom. The van der Waals surface area contributed by atoms with Crippen LogP contribution in [0.1, 0.15) is 41.3 Å².